The number of aromatic nitrogens is 1. The summed E-state index contributed by atoms with van der Waals surface area (Å²) in [4.78, 5) is 3.86. The Labute approximate surface area is 81.8 Å². The second-order valence-electron chi connectivity index (χ2n) is 3.12. The summed E-state index contributed by atoms with van der Waals surface area (Å²) < 4.78 is 0. The molecule has 5 N–H and O–H groups in total. The minimum atomic E-state index is -1.26. The van der Waals surface area contributed by atoms with Gasteiger partial charge in [0.25, 0.3) is 0 Å². The first-order chi connectivity index (χ1) is 6.57. The van der Waals surface area contributed by atoms with Gasteiger partial charge in [0, 0.05) is 6.20 Å². The molecule has 0 aliphatic heterocycles. The Morgan fingerprint density at radius 1 is 1.50 bits per heavy atom. The maximum atomic E-state index is 9.54. The quantitative estimate of drug-likeness (QED) is 0.517. The molecule has 0 fully saturated rings. The largest absolute Gasteiger partial charge is 0.397 e. The van der Waals surface area contributed by atoms with Crippen molar-refractivity contribution in [3.05, 3.63) is 23.5 Å². The summed E-state index contributed by atoms with van der Waals surface area (Å²) >= 11 is 0. The number of anilines is 1. The molecule has 0 aromatic carbocycles. The number of rotatable bonds is 3. The molecule has 2 unspecified atom stereocenters. The highest BCUT2D eigenvalue weighted by atomic mass is 16.4. The Hall–Kier alpha value is -1.17. The summed E-state index contributed by atoms with van der Waals surface area (Å²) in [5.74, 6) is 0. The minimum absolute atomic E-state index is 0.201. The number of aliphatic hydroxyl groups excluding tert-OH is 3. The van der Waals surface area contributed by atoms with Gasteiger partial charge in [-0.3, -0.25) is 4.98 Å². The van der Waals surface area contributed by atoms with Crippen LogP contribution in [0, 0.1) is 6.92 Å². The molecule has 1 aromatic rings. The average molecular weight is 198 g/mol. The van der Waals surface area contributed by atoms with Crippen molar-refractivity contribution in [1.29, 1.82) is 0 Å². The molecule has 78 valence electrons. The second-order valence-corrected chi connectivity index (χ2v) is 3.12. The van der Waals surface area contributed by atoms with Gasteiger partial charge < -0.3 is 21.1 Å². The van der Waals surface area contributed by atoms with E-state index >= 15 is 0 Å². The van der Waals surface area contributed by atoms with Crippen LogP contribution in [0.15, 0.2) is 12.3 Å². The standard InChI is InChI=1S/C9H14N2O3/c1-5-2-3-11-8(7(5)10)9(14)6(13)4-12/h2-3,6,9,12-14H,4,10H2,1H3. The first kappa shape index (κ1) is 10.9. The van der Waals surface area contributed by atoms with Gasteiger partial charge in [-0.25, -0.2) is 0 Å². The third-order valence-electron chi connectivity index (χ3n) is 2.07. The van der Waals surface area contributed by atoms with E-state index in [9.17, 15) is 10.2 Å². The molecule has 0 spiro atoms. The molecule has 1 aromatic heterocycles. The minimum Gasteiger partial charge on any atom is -0.397 e. The number of aryl methyl sites for hydroxylation is 1. The highest BCUT2D eigenvalue weighted by molar-refractivity contribution is 5.50. The Morgan fingerprint density at radius 2 is 2.14 bits per heavy atom. The maximum Gasteiger partial charge on any atom is 0.126 e. The van der Waals surface area contributed by atoms with Crippen LogP contribution in [0.5, 0.6) is 0 Å². The van der Waals surface area contributed by atoms with Crippen LogP contribution in [0.4, 0.5) is 5.69 Å². The van der Waals surface area contributed by atoms with Crippen molar-refractivity contribution >= 4 is 5.69 Å². The van der Waals surface area contributed by atoms with Crippen molar-refractivity contribution in [3.8, 4) is 0 Å². The highest BCUT2D eigenvalue weighted by Crippen LogP contribution is 2.22. The van der Waals surface area contributed by atoms with Crippen molar-refractivity contribution in [3.63, 3.8) is 0 Å². The summed E-state index contributed by atoms with van der Waals surface area (Å²) in [5.41, 5.74) is 6.98. The van der Waals surface area contributed by atoms with Gasteiger partial charge in [0.05, 0.1) is 18.0 Å². The monoisotopic (exact) mass is 198 g/mol. The van der Waals surface area contributed by atoms with Crippen molar-refractivity contribution in [2.24, 2.45) is 0 Å². The zero-order valence-electron chi connectivity index (χ0n) is 7.88. The number of nitrogens with zero attached hydrogens (tertiary/aromatic N) is 1. The number of nitrogens with two attached hydrogens (primary N) is 1. The Kier molecular flexibility index (Phi) is 3.40. The van der Waals surface area contributed by atoms with E-state index in [0.717, 1.165) is 5.56 Å². The summed E-state index contributed by atoms with van der Waals surface area (Å²) in [7, 11) is 0. The first-order valence-corrected chi connectivity index (χ1v) is 4.26. The zero-order valence-corrected chi connectivity index (χ0v) is 7.88. The van der Waals surface area contributed by atoms with Gasteiger partial charge in [-0.1, -0.05) is 0 Å². The molecule has 0 saturated heterocycles. The number of pyridine rings is 1. The van der Waals surface area contributed by atoms with Crippen LogP contribution in [-0.4, -0.2) is 33.0 Å². The van der Waals surface area contributed by atoms with Gasteiger partial charge in [-0.2, -0.15) is 0 Å². The number of nitrogen functional groups attached to an aromatic ring is 1. The lowest BCUT2D eigenvalue weighted by molar-refractivity contribution is -0.0169. The molecule has 5 nitrogen and oxygen atoms in total. The lowest BCUT2D eigenvalue weighted by Gasteiger charge is -2.17. The molecule has 2 atom stereocenters. The van der Waals surface area contributed by atoms with Crippen LogP contribution < -0.4 is 5.73 Å². The molecule has 0 aliphatic rings. The lowest BCUT2D eigenvalue weighted by atomic mass is 10.1. The molecule has 0 aliphatic carbocycles. The van der Waals surface area contributed by atoms with Crippen LogP contribution in [0.3, 0.4) is 0 Å². The molecule has 1 rings (SSSR count). The van der Waals surface area contributed by atoms with E-state index in [4.69, 9.17) is 10.8 Å². The van der Waals surface area contributed by atoms with Gasteiger partial charge >= 0.3 is 0 Å². The molecule has 5 heteroatoms. The maximum absolute atomic E-state index is 9.54. The summed E-state index contributed by atoms with van der Waals surface area (Å²) in [6.07, 6.45) is -1.01. The van der Waals surface area contributed by atoms with Gasteiger partial charge in [0.1, 0.15) is 12.2 Å². The van der Waals surface area contributed by atoms with Crippen LogP contribution in [-0.2, 0) is 0 Å². The summed E-state index contributed by atoms with van der Waals surface area (Å²) in [6, 6.07) is 1.71. The smallest absolute Gasteiger partial charge is 0.126 e. The Morgan fingerprint density at radius 3 is 2.71 bits per heavy atom. The lowest BCUT2D eigenvalue weighted by Crippen LogP contribution is -2.24. The van der Waals surface area contributed by atoms with Gasteiger partial charge in [-0.15, -0.1) is 0 Å². The van der Waals surface area contributed by atoms with Crippen molar-refractivity contribution in [2.45, 2.75) is 19.1 Å². The van der Waals surface area contributed by atoms with Crippen molar-refractivity contribution in [1.82, 2.24) is 4.98 Å². The van der Waals surface area contributed by atoms with E-state index in [-0.39, 0.29) is 5.69 Å². The second kappa shape index (κ2) is 4.36. The number of hydrogen-bond donors (Lipinski definition) is 4. The normalized spacial score (nSPS) is 15.1. The van der Waals surface area contributed by atoms with E-state index in [2.05, 4.69) is 4.98 Å². The highest BCUT2D eigenvalue weighted by Gasteiger charge is 2.21. The third kappa shape index (κ3) is 2.01. The fourth-order valence-electron chi connectivity index (χ4n) is 1.11. The van der Waals surface area contributed by atoms with E-state index in [0.29, 0.717) is 5.69 Å². The SMILES string of the molecule is Cc1ccnc(C(O)C(O)CO)c1N. The average Bonchev–Trinajstić information content (AvgIpc) is 2.20. The van der Waals surface area contributed by atoms with E-state index in [1.54, 1.807) is 13.0 Å². The molecule has 0 saturated carbocycles. The topological polar surface area (TPSA) is 99.6 Å². The van der Waals surface area contributed by atoms with E-state index in [1.165, 1.54) is 6.20 Å². The van der Waals surface area contributed by atoms with Gasteiger partial charge in [0.2, 0.25) is 0 Å². The fourth-order valence-corrected chi connectivity index (χ4v) is 1.11. The molecular weight excluding hydrogens is 184 g/mol. The van der Waals surface area contributed by atoms with E-state index in [1.807, 2.05) is 0 Å². The number of aliphatic hydroxyl groups is 3. The third-order valence-corrected chi connectivity index (χ3v) is 2.07. The summed E-state index contributed by atoms with van der Waals surface area (Å²) in [5, 5.41) is 27.4. The Bertz CT molecular complexity index is 317. The summed E-state index contributed by atoms with van der Waals surface area (Å²) in [6.45, 7) is 1.24. The van der Waals surface area contributed by atoms with Crippen LogP contribution >= 0.6 is 0 Å². The molecule has 0 bridgehead atoms. The first-order valence-electron chi connectivity index (χ1n) is 4.26. The predicted octanol–water partition coefficient (Wildman–Crippen LogP) is -0.641. The predicted molar refractivity (Wildman–Crippen MR) is 51.4 cm³/mol. The molecular formula is C9H14N2O3. The van der Waals surface area contributed by atoms with E-state index < -0.39 is 18.8 Å². The Balaban J connectivity index is 3.01. The molecule has 0 radical (unpaired) electrons. The zero-order chi connectivity index (χ0) is 10.7. The van der Waals surface area contributed by atoms with Crippen LogP contribution in [0.1, 0.15) is 17.4 Å². The fraction of sp³-hybridized carbons (Fsp3) is 0.444. The van der Waals surface area contributed by atoms with Gasteiger partial charge in [-0.05, 0) is 18.6 Å². The number of hydrogen-bond acceptors (Lipinski definition) is 5. The van der Waals surface area contributed by atoms with Gasteiger partial charge in [0.15, 0.2) is 0 Å². The van der Waals surface area contributed by atoms with Crippen LogP contribution in [0.25, 0.3) is 0 Å². The molecule has 14 heavy (non-hydrogen) atoms. The molecule has 0 amide bonds. The van der Waals surface area contributed by atoms with Crippen LogP contribution in [0.2, 0.25) is 0 Å². The molecule has 1 heterocycles. The van der Waals surface area contributed by atoms with Crippen molar-refractivity contribution < 1.29 is 15.3 Å². The van der Waals surface area contributed by atoms with Crippen molar-refractivity contribution in [2.75, 3.05) is 12.3 Å².